The molecule has 0 fully saturated rings. The van der Waals surface area contributed by atoms with E-state index in [-0.39, 0.29) is 65.8 Å². The summed E-state index contributed by atoms with van der Waals surface area (Å²) in [5.41, 5.74) is 0.656. The normalized spacial score (nSPS) is 14.3. The Hall–Kier alpha value is -0.0936. The van der Waals surface area contributed by atoms with Crippen molar-refractivity contribution in [3.63, 3.8) is 0 Å². The predicted octanol–water partition coefficient (Wildman–Crippen LogP) is -2.32. The number of rotatable bonds is 4. The molecule has 1 heterocycles. The van der Waals surface area contributed by atoms with Gasteiger partial charge in [0.25, 0.3) is 21.9 Å². The largest absolute Gasteiger partial charge is 1.00 e. The van der Waals surface area contributed by atoms with Crippen LogP contribution in [0, 0.1) is 0 Å². The molecule has 0 spiro atoms. The second-order valence-electron chi connectivity index (χ2n) is 3.95. The van der Waals surface area contributed by atoms with Crippen molar-refractivity contribution in [1.82, 2.24) is 4.90 Å². The summed E-state index contributed by atoms with van der Waals surface area (Å²) in [4.78, 5) is 24.7. The van der Waals surface area contributed by atoms with E-state index in [0.29, 0.717) is 11.1 Å². The van der Waals surface area contributed by atoms with Gasteiger partial charge in [0.05, 0.1) is 16.9 Å². The fourth-order valence-electron chi connectivity index (χ4n) is 1.85. The molecule has 0 bridgehead atoms. The summed E-state index contributed by atoms with van der Waals surface area (Å²) >= 11 is 0. The van der Waals surface area contributed by atoms with Crippen molar-refractivity contribution in [2.24, 2.45) is 0 Å². The Labute approximate surface area is 154 Å². The Kier molecular flexibility index (Phi) is 5.87. The Morgan fingerprint density at radius 1 is 1.11 bits per heavy atom. The average molecular weight is 309 g/mol. The number of fused-ring (bicyclic) bond motifs is 1. The summed E-state index contributed by atoms with van der Waals surface area (Å²) in [6.45, 7) is -0.0217. The summed E-state index contributed by atoms with van der Waals surface area (Å²) < 4.78 is 29.7. The van der Waals surface area contributed by atoms with Gasteiger partial charge < -0.3 is 1.43 Å². The molecular formula is C11H12KNO5S. The molecule has 1 aromatic carbocycles. The van der Waals surface area contributed by atoms with E-state index in [1.165, 1.54) is 0 Å². The van der Waals surface area contributed by atoms with Gasteiger partial charge in [-0.05, 0) is 18.6 Å². The van der Waals surface area contributed by atoms with Gasteiger partial charge in [-0.1, -0.05) is 12.1 Å². The Bertz CT molecular complexity index is 584. The van der Waals surface area contributed by atoms with E-state index in [1.54, 1.807) is 24.3 Å². The van der Waals surface area contributed by atoms with Crippen LogP contribution >= 0.6 is 0 Å². The molecular weight excluding hydrogens is 297 g/mol. The van der Waals surface area contributed by atoms with E-state index in [4.69, 9.17) is 4.55 Å². The number of hydrogen-bond donors (Lipinski definition) is 1. The summed E-state index contributed by atoms with van der Waals surface area (Å²) in [7, 11) is -4.07. The van der Waals surface area contributed by atoms with E-state index in [0.717, 1.165) is 4.90 Å². The van der Waals surface area contributed by atoms with Gasteiger partial charge in [0.2, 0.25) is 0 Å². The van der Waals surface area contributed by atoms with Crippen molar-refractivity contribution in [3.05, 3.63) is 35.4 Å². The number of hydrogen-bond acceptors (Lipinski definition) is 4. The zero-order valence-corrected chi connectivity index (χ0v) is 14.3. The summed E-state index contributed by atoms with van der Waals surface area (Å²) in [5, 5.41) is 0. The van der Waals surface area contributed by atoms with Crippen LogP contribution in [0.25, 0.3) is 0 Å². The Balaban J connectivity index is 0.00000180. The van der Waals surface area contributed by atoms with Crippen molar-refractivity contribution >= 4 is 21.9 Å². The van der Waals surface area contributed by atoms with Crippen LogP contribution in [0.5, 0.6) is 0 Å². The number of nitrogens with zero attached hydrogens (tertiary/aromatic N) is 1. The number of amides is 2. The monoisotopic (exact) mass is 309 g/mol. The van der Waals surface area contributed by atoms with Gasteiger partial charge in [0, 0.05) is 6.54 Å². The molecule has 1 aliphatic heterocycles. The molecule has 0 atom stereocenters. The Morgan fingerprint density at radius 2 is 1.58 bits per heavy atom. The minimum Gasteiger partial charge on any atom is -1.00 e. The third-order valence-electron chi connectivity index (χ3n) is 2.66. The number of carbonyl (C=O) groups is 2. The van der Waals surface area contributed by atoms with Crippen molar-refractivity contribution in [1.29, 1.82) is 0 Å². The molecule has 1 aliphatic rings. The number of benzene rings is 1. The molecule has 19 heavy (non-hydrogen) atoms. The van der Waals surface area contributed by atoms with Crippen LogP contribution in [0.1, 0.15) is 28.6 Å². The second kappa shape index (κ2) is 6.57. The minimum atomic E-state index is -4.07. The maximum atomic E-state index is 11.9. The van der Waals surface area contributed by atoms with Crippen LogP contribution in [-0.4, -0.2) is 42.0 Å². The van der Waals surface area contributed by atoms with Gasteiger partial charge in [0.1, 0.15) is 0 Å². The fraction of sp³-hybridized carbons (Fsp3) is 0.273. The van der Waals surface area contributed by atoms with Crippen LogP contribution < -0.4 is 51.4 Å². The quantitative estimate of drug-likeness (QED) is 0.383. The first-order valence-corrected chi connectivity index (χ1v) is 6.91. The number of imide groups is 1. The Morgan fingerprint density at radius 3 is 2.00 bits per heavy atom. The molecule has 0 saturated carbocycles. The zero-order valence-electron chi connectivity index (χ0n) is 11.4. The standard InChI is InChI=1S/C11H11NO5S.K.H/c13-10-8-4-1-2-5-9(8)11(14)12(10)6-3-7-18(15,16)17;;/h1-2,4-5H,3,6-7H2,(H,15,16,17);;/q;+1;-1. The van der Waals surface area contributed by atoms with Gasteiger partial charge in [0.15, 0.2) is 0 Å². The molecule has 0 aromatic heterocycles. The van der Waals surface area contributed by atoms with Gasteiger partial charge in [-0.15, -0.1) is 0 Å². The van der Waals surface area contributed by atoms with Crippen molar-refractivity contribution in [2.45, 2.75) is 6.42 Å². The van der Waals surface area contributed by atoms with Gasteiger partial charge >= 0.3 is 51.4 Å². The van der Waals surface area contributed by atoms with Gasteiger partial charge in [-0.3, -0.25) is 19.0 Å². The molecule has 1 N–H and O–H groups in total. The molecule has 0 unspecified atom stereocenters. The molecule has 8 heteroatoms. The summed E-state index contributed by atoms with van der Waals surface area (Å²) in [6.07, 6.45) is 0.0182. The molecule has 98 valence electrons. The summed E-state index contributed by atoms with van der Waals surface area (Å²) in [5.74, 6) is -1.32. The SMILES string of the molecule is O=C1c2ccccc2C(=O)N1CCCS(=O)(=O)O.[H-].[K+]. The molecule has 1 aromatic rings. The predicted molar refractivity (Wildman–Crippen MR) is 64.0 cm³/mol. The smallest absolute Gasteiger partial charge is 1.00 e. The maximum absolute atomic E-state index is 11.9. The van der Waals surface area contributed by atoms with Crippen LogP contribution in [0.4, 0.5) is 0 Å². The van der Waals surface area contributed by atoms with Crippen LogP contribution in [0.3, 0.4) is 0 Å². The second-order valence-corrected chi connectivity index (χ2v) is 5.52. The van der Waals surface area contributed by atoms with E-state index >= 15 is 0 Å². The number of carbonyl (C=O) groups excluding carboxylic acids is 2. The third-order valence-corrected chi connectivity index (χ3v) is 3.47. The van der Waals surface area contributed by atoms with E-state index in [2.05, 4.69) is 0 Å². The van der Waals surface area contributed by atoms with Gasteiger partial charge in [-0.2, -0.15) is 8.42 Å². The first-order valence-electron chi connectivity index (χ1n) is 5.30. The van der Waals surface area contributed by atoms with Crippen LogP contribution in [0.2, 0.25) is 0 Å². The molecule has 0 saturated heterocycles. The van der Waals surface area contributed by atoms with Crippen molar-refractivity contribution in [2.75, 3.05) is 12.3 Å². The third kappa shape index (κ3) is 3.94. The topological polar surface area (TPSA) is 91.8 Å². The first-order chi connectivity index (χ1) is 8.40. The summed E-state index contributed by atoms with van der Waals surface area (Å²) in [6, 6.07) is 6.42. The van der Waals surface area contributed by atoms with E-state index < -0.39 is 27.7 Å². The van der Waals surface area contributed by atoms with E-state index in [1.807, 2.05) is 0 Å². The van der Waals surface area contributed by atoms with E-state index in [9.17, 15) is 18.0 Å². The molecule has 2 rings (SSSR count). The fourth-order valence-corrected chi connectivity index (χ4v) is 2.34. The van der Waals surface area contributed by atoms with Crippen molar-refractivity contribution in [3.8, 4) is 0 Å². The maximum Gasteiger partial charge on any atom is 1.00 e. The molecule has 2 amide bonds. The van der Waals surface area contributed by atoms with Crippen LogP contribution in [-0.2, 0) is 10.1 Å². The molecule has 0 radical (unpaired) electrons. The van der Waals surface area contributed by atoms with Crippen molar-refractivity contribution < 1.29 is 75.4 Å². The van der Waals surface area contributed by atoms with Gasteiger partial charge in [-0.25, -0.2) is 0 Å². The average Bonchev–Trinajstić information content (AvgIpc) is 2.53. The molecule has 0 aliphatic carbocycles. The zero-order chi connectivity index (χ0) is 13.3. The molecule has 6 nitrogen and oxygen atoms in total. The minimum absolute atomic E-state index is 0. The van der Waals surface area contributed by atoms with Crippen LogP contribution in [0.15, 0.2) is 24.3 Å². The first kappa shape index (κ1) is 17.0.